The lowest BCUT2D eigenvalue weighted by molar-refractivity contribution is 0.0986. The molecule has 0 atom stereocenters. The van der Waals surface area contributed by atoms with E-state index < -0.39 is 0 Å². The van der Waals surface area contributed by atoms with E-state index in [2.05, 4.69) is 25.3 Å². The number of carbonyl (C=O) groups excluding carboxylic acids is 1. The standard InChI is InChI=1S/C22H23N7O3/c1-3-28-20-18(21(31)29(4-2)22(28)32)26-19(27-20)15-7-8-17(25-13-15)24-11-9-16(30)14-6-5-10-23-12-14/h5-8,10,12-13H,3-4,9,11H2,1-2H3,(H,24,25)(H,26,27). The van der Waals surface area contributed by atoms with Gasteiger partial charge in [-0.15, -0.1) is 0 Å². The lowest BCUT2D eigenvalue weighted by Crippen LogP contribution is -2.39. The van der Waals surface area contributed by atoms with Crippen LogP contribution >= 0.6 is 0 Å². The highest BCUT2D eigenvalue weighted by atomic mass is 16.2. The monoisotopic (exact) mass is 433 g/mol. The Hall–Kier alpha value is -4.08. The molecular weight excluding hydrogens is 410 g/mol. The summed E-state index contributed by atoms with van der Waals surface area (Å²) in [5.41, 5.74) is 1.12. The third-order valence-corrected chi connectivity index (χ3v) is 5.17. The lowest BCUT2D eigenvalue weighted by Gasteiger charge is -2.06. The first-order chi connectivity index (χ1) is 15.5. The SMILES string of the molecule is CCn1c(=O)c2[nH]c(-c3ccc(NCCC(=O)c4cccnc4)nc3)nc2n(CC)c1=O. The number of nitrogens with one attached hydrogen (secondary N) is 2. The van der Waals surface area contributed by atoms with Crippen LogP contribution in [0, 0.1) is 0 Å². The molecule has 4 rings (SSSR count). The maximum absolute atomic E-state index is 12.6. The maximum atomic E-state index is 12.6. The van der Waals surface area contributed by atoms with Crippen LogP contribution in [0.3, 0.4) is 0 Å². The molecule has 10 heteroatoms. The number of imidazole rings is 1. The zero-order valence-electron chi connectivity index (χ0n) is 17.8. The molecule has 0 amide bonds. The summed E-state index contributed by atoms with van der Waals surface area (Å²) in [4.78, 5) is 53.1. The van der Waals surface area contributed by atoms with Crippen LogP contribution in [0.15, 0.2) is 52.4 Å². The topological polar surface area (TPSA) is 128 Å². The number of H-pyrrole nitrogens is 1. The van der Waals surface area contributed by atoms with Crippen LogP contribution in [-0.4, -0.2) is 41.4 Å². The van der Waals surface area contributed by atoms with Gasteiger partial charge in [-0.3, -0.25) is 23.7 Å². The number of nitrogens with zero attached hydrogens (tertiary/aromatic N) is 5. The smallest absolute Gasteiger partial charge is 0.332 e. The zero-order valence-corrected chi connectivity index (χ0v) is 17.8. The van der Waals surface area contributed by atoms with E-state index in [1.54, 1.807) is 43.7 Å². The lowest BCUT2D eigenvalue weighted by atomic mass is 10.1. The first-order valence-corrected chi connectivity index (χ1v) is 10.4. The summed E-state index contributed by atoms with van der Waals surface area (Å²) >= 11 is 0. The number of pyridine rings is 2. The average Bonchev–Trinajstić information content (AvgIpc) is 3.26. The van der Waals surface area contributed by atoms with Crippen molar-refractivity contribution >= 4 is 22.8 Å². The van der Waals surface area contributed by atoms with Crippen LogP contribution in [0.4, 0.5) is 5.82 Å². The molecule has 0 fully saturated rings. The number of carbonyl (C=O) groups is 1. The Bertz CT molecular complexity index is 1370. The largest absolute Gasteiger partial charge is 0.370 e. The second-order valence-corrected chi connectivity index (χ2v) is 7.13. The fourth-order valence-corrected chi connectivity index (χ4v) is 3.48. The summed E-state index contributed by atoms with van der Waals surface area (Å²) in [6, 6.07) is 7.05. The van der Waals surface area contributed by atoms with Crippen molar-refractivity contribution in [3.8, 4) is 11.4 Å². The number of hydrogen-bond acceptors (Lipinski definition) is 7. The summed E-state index contributed by atoms with van der Waals surface area (Å²) in [5, 5.41) is 3.12. The summed E-state index contributed by atoms with van der Waals surface area (Å²) in [6.07, 6.45) is 5.12. The van der Waals surface area contributed by atoms with Crippen LogP contribution in [0.5, 0.6) is 0 Å². The minimum Gasteiger partial charge on any atom is -0.370 e. The predicted octanol–water partition coefficient (Wildman–Crippen LogP) is 2.07. The number of aromatic amines is 1. The normalized spacial score (nSPS) is 11.1. The molecule has 0 aliphatic carbocycles. The van der Waals surface area contributed by atoms with E-state index in [0.717, 1.165) is 0 Å². The summed E-state index contributed by atoms with van der Waals surface area (Å²) in [5.74, 6) is 1.07. The molecule has 0 saturated heterocycles. The summed E-state index contributed by atoms with van der Waals surface area (Å²) in [7, 11) is 0. The van der Waals surface area contributed by atoms with Crippen molar-refractivity contribution in [2.75, 3.05) is 11.9 Å². The minimum absolute atomic E-state index is 0.00389. The van der Waals surface area contributed by atoms with E-state index in [4.69, 9.17) is 0 Å². The molecular formula is C22H23N7O3. The third-order valence-electron chi connectivity index (χ3n) is 5.17. The molecule has 0 aliphatic heterocycles. The molecule has 4 aromatic heterocycles. The predicted molar refractivity (Wildman–Crippen MR) is 121 cm³/mol. The number of hydrogen-bond donors (Lipinski definition) is 2. The Balaban J connectivity index is 1.52. The van der Waals surface area contributed by atoms with E-state index >= 15 is 0 Å². The van der Waals surface area contributed by atoms with Crippen molar-refractivity contribution in [3.05, 3.63) is 69.3 Å². The fraction of sp³-hybridized carbons (Fsp3) is 0.273. The van der Waals surface area contributed by atoms with Gasteiger partial charge in [0.1, 0.15) is 17.2 Å². The van der Waals surface area contributed by atoms with Crippen molar-refractivity contribution in [1.82, 2.24) is 29.1 Å². The summed E-state index contributed by atoms with van der Waals surface area (Å²) in [6.45, 7) is 4.71. The van der Waals surface area contributed by atoms with Gasteiger partial charge in [0.25, 0.3) is 5.56 Å². The Morgan fingerprint density at radius 2 is 1.91 bits per heavy atom. The van der Waals surface area contributed by atoms with Crippen molar-refractivity contribution in [2.45, 2.75) is 33.4 Å². The highest BCUT2D eigenvalue weighted by Crippen LogP contribution is 2.19. The van der Waals surface area contributed by atoms with Gasteiger partial charge in [-0.1, -0.05) is 0 Å². The van der Waals surface area contributed by atoms with Crippen LogP contribution in [0.25, 0.3) is 22.6 Å². The molecule has 0 aliphatic rings. The van der Waals surface area contributed by atoms with Gasteiger partial charge in [0.05, 0.1) is 0 Å². The minimum atomic E-state index is -0.388. The Morgan fingerprint density at radius 1 is 1.09 bits per heavy atom. The van der Waals surface area contributed by atoms with Gasteiger partial charge >= 0.3 is 5.69 Å². The third kappa shape index (κ3) is 3.94. The van der Waals surface area contributed by atoms with Gasteiger partial charge in [0, 0.05) is 55.8 Å². The highest BCUT2D eigenvalue weighted by Gasteiger charge is 2.16. The number of aromatic nitrogens is 6. The number of fused-ring (bicyclic) bond motifs is 1. The van der Waals surface area contributed by atoms with Crippen molar-refractivity contribution in [2.24, 2.45) is 0 Å². The molecule has 0 bridgehead atoms. The second kappa shape index (κ2) is 8.96. The molecule has 32 heavy (non-hydrogen) atoms. The number of Topliss-reactive ketones (excluding diaryl/α,β-unsaturated/α-hetero) is 1. The van der Waals surface area contributed by atoms with Crippen molar-refractivity contribution in [3.63, 3.8) is 0 Å². The van der Waals surface area contributed by atoms with E-state index in [0.29, 0.717) is 53.4 Å². The van der Waals surface area contributed by atoms with Crippen LogP contribution in [0.1, 0.15) is 30.6 Å². The number of rotatable bonds is 8. The Morgan fingerprint density at radius 3 is 2.56 bits per heavy atom. The average molecular weight is 433 g/mol. The molecule has 164 valence electrons. The number of anilines is 1. The van der Waals surface area contributed by atoms with E-state index in [-0.39, 0.29) is 23.6 Å². The van der Waals surface area contributed by atoms with Gasteiger partial charge < -0.3 is 10.3 Å². The molecule has 0 saturated carbocycles. The number of aryl methyl sites for hydroxylation is 1. The first-order valence-electron chi connectivity index (χ1n) is 10.4. The van der Waals surface area contributed by atoms with Crippen LogP contribution < -0.4 is 16.6 Å². The van der Waals surface area contributed by atoms with Crippen molar-refractivity contribution < 1.29 is 4.79 Å². The van der Waals surface area contributed by atoms with Crippen LogP contribution in [0.2, 0.25) is 0 Å². The Labute approximate surface area is 183 Å². The Kier molecular flexibility index (Phi) is 5.93. The first kappa shape index (κ1) is 21.2. The zero-order chi connectivity index (χ0) is 22.7. The molecule has 0 spiro atoms. The van der Waals surface area contributed by atoms with Crippen LogP contribution in [-0.2, 0) is 13.1 Å². The molecule has 0 radical (unpaired) electrons. The molecule has 10 nitrogen and oxygen atoms in total. The molecule has 0 aromatic carbocycles. The van der Waals surface area contributed by atoms with Gasteiger partial charge in [0.2, 0.25) is 0 Å². The van der Waals surface area contributed by atoms with Crippen molar-refractivity contribution in [1.29, 1.82) is 0 Å². The van der Waals surface area contributed by atoms with Gasteiger partial charge in [-0.2, -0.15) is 0 Å². The van der Waals surface area contributed by atoms with Gasteiger partial charge in [-0.05, 0) is 38.1 Å². The molecule has 2 N–H and O–H groups in total. The fourth-order valence-electron chi connectivity index (χ4n) is 3.48. The highest BCUT2D eigenvalue weighted by molar-refractivity contribution is 5.95. The quantitative estimate of drug-likeness (QED) is 0.407. The van der Waals surface area contributed by atoms with E-state index in [9.17, 15) is 14.4 Å². The van der Waals surface area contributed by atoms with E-state index in [1.807, 2.05) is 13.0 Å². The molecule has 4 heterocycles. The maximum Gasteiger partial charge on any atom is 0.332 e. The second-order valence-electron chi connectivity index (χ2n) is 7.13. The molecule has 0 unspecified atom stereocenters. The summed E-state index contributed by atoms with van der Waals surface area (Å²) < 4.78 is 2.66. The van der Waals surface area contributed by atoms with Gasteiger partial charge in [-0.25, -0.2) is 14.8 Å². The number of ketones is 1. The molecule has 4 aromatic rings. The van der Waals surface area contributed by atoms with Gasteiger partial charge in [0.15, 0.2) is 11.4 Å². The van der Waals surface area contributed by atoms with E-state index in [1.165, 1.54) is 9.13 Å².